The zero-order valence-corrected chi connectivity index (χ0v) is 17.6. The van der Waals surface area contributed by atoms with Crippen LogP contribution in [-0.4, -0.2) is 24.5 Å². The van der Waals surface area contributed by atoms with Gasteiger partial charge >= 0.3 is 0 Å². The molecular formula is C23H19ClN2O2S. The van der Waals surface area contributed by atoms with Gasteiger partial charge in [0.15, 0.2) is 9.84 Å². The van der Waals surface area contributed by atoms with E-state index < -0.39 is 9.84 Å². The van der Waals surface area contributed by atoms with E-state index in [2.05, 4.69) is 13.0 Å². The molecule has 0 aliphatic rings. The van der Waals surface area contributed by atoms with Crippen LogP contribution in [0.1, 0.15) is 5.56 Å². The highest BCUT2D eigenvalue weighted by Crippen LogP contribution is 2.31. The minimum atomic E-state index is -3.26. The first-order valence-electron chi connectivity index (χ1n) is 9.05. The second kappa shape index (κ2) is 7.50. The summed E-state index contributed by atoms with van der Waals surface area (Å²) in [6, 6.07) is 24.4. The Kier molecular flexibility index (Phi) is 5.03. The molecule has 0 aliphatic heterocycles. The zero-order chi connectivity index (χ0) is 20.6. The summed E-state index contributed by atoms with van der Waals surface area (Å²) < 4.78 is 25.4. The lowest BCUT2D eigenvalue weighted by Crippen LogP contribution is -2.01. The van der Waals surface area contributed by atoms with E-state index in [4.69, 9.17) is 16.7 Å². The van der Waals surface area contributed by atoms with Gasteiger partial charge in [0.1, 0.15) is 0 Å². The van der Waals surface area contributed by atoms with Crippen LogP contribution in [0, 0.1) is 6.92 Å². The van der Waals surface area contributed by atoms with E-state index in [1.165, 1.54) is 6.26 Å². The van der Waals surface area contributed by atoms with E-state index in [9.17, 15) is 8.42 Å². The van der Waals surface area contributed by atoms with Crippen LogP contribution < -0.4 is 0 Å². The fraction of sp³-hybridized carbons (Fsp3) is 0.0870. The van der Waals surface area contributed by atoms with Gasteiger partial charge in [-0.05, 0) is 55.0 Å². The van der Waals surface area contributed by atoms with E-state index in [1.54, 1.807) is 24.3 Å². The second-order valence-electron chi connectivity index (χ2n) is 6.91. The number of hydrogen-bond acceptors (Lipinski definition) is 3. The Bertz CT molecular complexity index is 1280. The molecule has 4 aromatic rings. The van der Waals surface area contributed by atoms with Gasteiger partial charge in [-0.25, -0.2) is 13.1 Å². The van der Waals surface area contributed by atoms with Crippen LogP contribution in [-0.2, 0) is 9.84 Å². The molecule has 0 fully saturated rings. The van der Waals surface area contributed by atoms with Crippen molar-refractivity contribution in [3.8, 4) is 28.2 Å². The molecule has 146 valence electrons. The first-order chi connectivity index (χ1) is 13.8. The van der Waals surface area contributed by atoms with Gasteiger partial charge in [-0.3, -0.25) is 0 Å². The van der Waals surface area contributed by atoms with Crippen molar-refractivity contribution in [3.63, 3.8) is 0 Å². The lowest BCUT2D eigenvalue weighted by molar-refractivity contribution is 0.602. The van der Waals surface area contributed by atoms with Gasteiger partial charge in [-0.1, -0.05) is 48.0 Å². The molecule has 4 rings (SSSR count). The van der Waals surface area contributed by atoms with Crippen LogP contribution in [0.15, 0.2) is 83.8 Å². The van der Waals surface area contributed by atoms with Gasteiger partial charge in [0.25, 0.3) is 0 Å². The molecule has 0 spiro atoms. The molecule has 0 saturated carbocycles. The fourth-order valence-corrected chi connectivity index (χ4v) is 3.99. The molecule has 6 heteroatoms. The molecule has 0 N–H and O–H groups in total. The summed E-state index contributed by atoms with van der Waals surface area (Å²) in [5, 5.41) is 5.50. The average Bonchev–Trinajstić information content (AvgIpc) is 3.13. The fourth-order valence-electron chi connectivity index (χ4n) is 3.23. The Hall–Kier alpha value is -2.89. The summed E-state index contributed by atoms with van der Waals surface area (Å²) in [5.74, 6) is 0. The normalized spacial score (nSPS) is 11.6. The molecular weight excluding hydrogens is 404 g/mol. The van der Waals surface area contributed by atoms with Crippen molar-refractivity contribution in [1.82, 2.24) is 9.78 Å². The van der Waals surface area contributed by atoms with Crippen LogP contribution in [0.3, 0.4) is 0 Å². The molecule has 3 aromatic carbocycles. The van der Waals surface area contributed by atoms with Gasteiger partial charge in [-0.2, -0.15) is 5.10 Å². The standard InChI is InChI=1S/C23H19ClN2O2S/c1-16-5-3-4-6-21(16)22-15-23(17-7-9-18(24)10-8-17)26(25-22)19-11-13-20(14-12-19)29(2,27)28/h3-15H,1-2H3. The predicted octanol–water partition coefficient (Wildman–Crippen LogP) is 5.57. The van der Waals surface area contributed by atoms with Crippen molar-refractivity contribution >= 4 is 21.4 Å². The van der Waals surface area contributed by atoms with Crippen molar-refractivity contribution in [2.45, 2.75) is 11.8 Å². The van der Waals surface area contributed by atoms with E-state index in [-0.39, 0.29) is 4.90 Å². The number of hydrogen-bond donors (Lipinski definition) is 0. The molecule has 0 saturated heterocycles. The maximum Gasteiger partial charge on any atom is 0.175 e. The number of sulfone groups is 1. The highest BCUT2D eigenvalue weighted by molar-refractivity contribution is 7.90. The summed E-state index contributed by atoms with van der Waals surface area (Å²) >= 11 is 6.06. The van der Waals surface area contributed by atoms with Crippen LogP contribution in [0.2, 0.25) is 5.02 Å². The summed E-state index contributed by atoms with van der Waals surface area (Å²) in [6.07, 6.45) is 1.20. The Labute approximate surface area is 175 Å². The monoisotopic (exact) mass is 422 g/mol. The molecule has 1 heterocycles. The smallest absolute Gasteiger partial charge is 0.175 e. The topological polar surface area (TPSA) is 52.0 Å². The van der Waals surface area contributed by atoms with Gasteiger partial charge in [-0.15, -0.1) is 0 Å². The van der Waals surface area contributed by atoms with Crippen molar-refractivity contribution in [1.29, 1.82) is 0 Å². The molecule has 0 unspecified atom stereocenters. The largest absolute Gasteiger partial charge is 0.232 e. The first kappa shape index (κ1) is 19.4. The van der Waals surface area contributed by atoms with E-state index in [0.29, 0.717) is 5.02 Å². The molecule has 0 atom stereocenters. The summed E-state index contributed by atoms with van der Waals surface area (Å²) in [7, 11) is -3.26. The third-order valence-corrected chi connectivity index (χ3v) is 6.16. The number of nitrogens with zero attached hydrogens (tertiary/aromatic N) is 2. The zero-order valence-electron chi connectivity index (χ0n) is 16.0. The Morgan fingerprint density at radius 3 is 2.17 bits per heavy atom. The Balaban J connectivity index is 1.89. The average molecular weight is 423 g/mol. The van der Waals surface area contributed by atoms with Crippen LogP contribution in [0.25, 0.3) is 28.2 Å². The van der Waals surface area contributed by atoms with Crippen LogP contribution in [0.5, 0.6) is 0 Å². The third-order valence-electron chi connectivity index (χ3n) is 4.78. The number of benzene rings is 3. The Morgan fingerprint density at radius 2 is 1.55 bits per heavy atom. The molecule has 4 nitrogen and oxygen atoms in total. The number of halogens is 1. The quantitative estimate of drug-likeness (QED) is 0.432. The van der Waals surface area contributed by atoms with E-state index >= 15 is 0 Å². The highest BCUT2D eigenvalue weighted by atomic mass is 35.5. The number of aryl methyl sites for hydroxylation is 1. The molecule has 0 amide bonds. The number of aromatic nitrogens is 2. The van der Waals surface area contributed by atoms with Gasteiger partial charge < -0.3 is 0 Å². The van der Waals surface area contributed by atoms with Gasteiger partial charge in [0.05, 0.1) is 22.0 Å². The summed E-state index contributed by atoms with van der Waals surface area (Å²) in [5.41, 5.74) is 5.67. The molecule has 1 aromatic heterocycles. The van der Waals surface area contributed by atoms with Gasteiger partial charge in [0.2, 0.25) is 0 Å². The summed E-state index contributed by atoms with van der Waals surface area (Å²) in [6.45, 7) is 2.05. The minimum absolute atomic E-state index is 0.278. The third kappa shape index (κ3) is 3.97. The summed E-state index contributed by atoms with van der Waals surface area (Å²) in [4.78, 5) is 0.278. The van der Waals surface area contributed by atoms with E-state index in [1.807, 2.05) is 53.2 Å². The van der Waals surface area contributed by atoms with Crippen LogP contribution >= 0.6 is 11.6 Å². The highest BCUT2D eigenvalue weighted by Gasteiger charge is 2.15. The van der Waals surface area contributed by atoms with Gasteiger partial charge in [0, 0.05) is 22.4 Å². The first-order valence-corrected chi connectivity index (χ1v) is 11.3. The minimum Gasteiger partial charge on any atom is -0.232 e. The van der Waals surface area contributed by atoms with Crippen LogP contribution in [0.4, 0.5) is 0 Å². The van der Waals surface area contributed by atoms with Crippen molar-refractivity contribution in [2.24, 2.45) is 0 Å². The van der Waals surface area contributed by atoms with Crippen molar-refractivity contribution in [3.05, 3.63) is 89.4 Å². The maximum atomic E-state index is 11.8. The van der Waals surface area contributed by atoms with Crippen molar-refractivity contribution < 1.29 is 8.42 Å². The van der Waals surface area contributed by atoms with Crippen molar-refractivity contribution in [2.75, 3.05) is 6.26 Å². The predicted molar refractivity (Wildman–Crippen MR) is 117 cm³/mol. The second-order valence-corrected chi connectivity index (χ2v) is 9.37. The lowest BCUT2D eigenvalue weighted by Gasteiger charge is -2.08. The maximum absolute atomic E-state index is 11.8. The lowest BCUT2D eigenvalue weighted by atomic mass is 10.0. The van der Waals surface area contributed by atoms with E-state index in [0.717, 1.165) is 33.8 Å². The Morgan fingerprint density at radius 1 is 0.897 bits per heavy atom. The molecule has 0 aliphatic carbocycles. The molecule has 0 bridgehead atoms. The SMILES string of the molecule is Cc1ccccc1-c1cc(-c2ccc(Cl)cc2)n(-c2ccc(S(C)(=O)=O)cc2)n1. The number of rotatable bonds is 4. The molecule has 29 heavy (non-hydrogen) atoms. The molecule has 0 radical (unpaired) electrons.